The van der Waals surface area contributed by atoms with Crippen molar-refractivity contribution in [3.05, 3.63) is 0 Å². The zero-order chi connectivity index (χ0) is 11.5. The van der Waals surface area contributed by atoms with Gasteiger partial charge in [0, 0.05) is 6.61 Å². The lowest BCUT2D eigenvalue weighted by molar-refractivity contribution is -0.212. The number of carbonyl (C=O) groups excluding carboxylic acids is 2. The van der Waals surface area contributed by atoms with E-state index in [0.717, 1.165) is 0 Å². The molecular formula is C9H15NO5. The van der Waals surface area contributed by atoms with Crippen molar-refractivity contribution in [3.63, 3.8) is 0 Å². The van der Waals surface area contributed by atoms with Crippen LogP contribution in [0.25, 0.3) is 0 Å². The second-order valence-corrected chi connectivity index (χ2v) is 3.21. The molecule has 0 radical (unpaired) electrons. The van der Waals surface area contributed by atoms with Crippen molar-refractivity contribution >= 4 is 11.9 Å². The number of ether oxygens (including phenoxy) is 2. The maximum absolute atomic E-state index is 11.4. The van der Waals surface area contributed by atoms with Gasteiger partial charge in [-0.25, -0.2) is 4.79 Å². The Morgan fingerprint density at radius 1 is 1.60 bits per heavy atom. The maximum atomic E-state index is 11.4. The molecule has 0 spiro atoms. The summed E-state index contributed by atoms with van der Waals surface area (Å²) in [6.45, 7) is 3.71. The number of aliphatic hydroxyl groups is 1. The van der Waals surface area contributed by atoms with Crippen molar-refractivity contribution in [3.8, 4) is 0 Å². The Kier molecular flexibility index (Phi) is 3.65. The van der Waals surface area contributed by atoms with Gasteiger partial charge in [-0.1, -0.05) is 0 Å². The van der Waals surface area contributed by atoms with E-state index < -0.39 is 23.7 Å². The number of hydrogen-bond acceptors (Lipinski definition) is 5. The Bertz CT molecular complexity index is 267. The van der Waals surface area contributed by atoms with Crippen LogP contribution in [-0.2, 0) is 19.1 Å². The van der Waals surface area contributed by atoms with Crippen molar-refractivity contribution in [1.29, 1.82) is 0 Å². The summed E-state index contributed by atoms with van der Waals surface area (Å²) in [5, 5.41) is 12.2. The first-order valence-corrected chi connectivity index (χ1v) is 4.85. The van der Waals surface area contributed by atoms with Gasteiger partial charge in [-0.05, 0) is 13.8 Å². The van der Waals surface area contributed by atoms with Crippen LogP contribution in [0.2, 0.25) is 0 Å². The van der Waals surface area contributed by atoms with Crippen molar-refractivity contribution in [1.82, 2.24) is 5.32 Å². The van der Waals surface area contributed by atoms with Crippen LogP contribution < -0.4 is 5.32 Å². The van der Waals surface area contributed by atoms with Crippen molar-refractivity contribution in [2.24, 2.45) is 0 Å². The molecule has 2 atom stereocenters. The van der Waals surface area contributed by atoms with Crippen molar-refractivity contribution in [2.75, 3.05) is 13.2 Å². The van der Waals surface area contributed by atoms with Crippen LogP contribution in [0.3, 0.4) is 0 Å². The van der Waals surface area contributed by atoms with Crippen LogP contribution in [0.1, 0.15) is 20.3 Å². The number of nitrogens with one attached hydrogen (secondary N) is 1. The Hall–Kier alpha value is -1.14. The smallest absolute Gasteiger partial charge is 0.334 e. The van der Waals surface area contributed by atoms with E-state index in [1.807, 2.05) is 0 Å². The highest BCUT2D eigenvalue weighted by atomic mass is 16.6. The summed E-state index contributed by atoms with van der Waals surface area (Å²) in [5.41, 5.74) is 0. The average Bonchev–Trinajstić information content (AvgIpc) is 2.42. The molecule has 1 rings (SSSR count). The van der Waals surface area contributed by atoms with Crippen LogP contribution in [0.15, 0.2) is 0 Å². The fourth-order valence-electron chi connectivity index (χ4n) is 1.51. The van der Waals surface area contributed by atoms with Gasteiger partial charge in [-0.3, -0.25) is 4.79 Å². The molecule has 0 aromatic carbocycles. The van der Waals surface area contributed by atoms with E-state index in [1.54, 1.807) is 13.8 Å². The summed E-state index contributed by atoms with van der Waals surface area (Å²) in [5.74, 6) is -2.89. The van der Waals surface area contributed by atoms with Gasteiger partial charge >= 0.3 is 5.97 Å². The fraction of sp³-hybridized carbons (Fsp3) is 0.778. The van der Waals surface area contributed by atoms with Gasteiger partial charge in [-0.15, -0.1) is 0 Å². The Labute approximate surface area is 87.5 Å². The van der Waals surface area contributed by atoms with Crippen molar-refractivity contribution < 1.29 is 24.2 Å². The first-order valence-electron chi connectivity index (χ1n) is 4.85. The third-order valence-corrected chi connectivity index (χ3v) is 2.09. The number of amides is 1. The molecule has 2 N–H and O–H groups in total. The Morgan fingerprint density at radius 2 is 2.27 bits per heavy atom. The molecule has 0 aliphatic carbocycles. The summed E-state index contributed by atoms with van der Waals surface area (Å²) in [6.07, 6.45) is -0.246. The minimum Gasteiger partial charge on any atom is -0.464 e. The summed E-state index contributed by atoms with van der Waals surface area (Å²) < 4.78 is 9.73. The van der Waals surface area contributed by atoms with Gasteiger partial charge in [-0.2, -0.15) is 0 Å². The highest BCUT2D eigenvalue weighted by Gasteiger charge is 2.51. The molecule has 6 heteroatoms. The third kappa shape index (κ3) is 2.45. The topological polar surface area (TPSA) is 84.9 Å². The first-order chi connectivity index (χ1) is 7.03. The van der Waals surface area contributed by atoms with Gasteiger partial charge in [0.05, 0.1) is 13.0 Å². The van der Waals surface area contributed by atoms with Crippen LogP contribution in [0, 0.1) is 0 Å². The molecule has 0 aromatic rings. The predicted molar refractivity (Wildman–Crippen MR) is 49.8 cm³/mol. The zero-order valence-electron chi connectivity index (χ0n) is 8.78. The lowest BCUT2D eigenvalue weighted by Crippen LogP contribution is -2.51. The number of carbonyl (C=O) groups is 2. The summed E-state index contributed by atoms with van der Waals surface area (Å²) in [6, 6.07) is -1.13. The summed E-state index contributed by atoms with van der Waals surface area (Å²) >= 11 is 0. The molecule has 1 fully saturated rings. The fourth-order valence-corrected chi connectivity index (χ4v) is 1.51. The van der Waals surface area contributed by atoms with Crippen LogP contribution in [-0.4, -0.2) is 42.0 Å². The van der Waals surface area contributed by atoms with E-state index in [2.05, 4.69) is 5.32 Å². The number of esters is 1. The summed E-state index contributed by atoms with van der Waals surface area (Å²) in [7, 11) is 0. The molecule has 0 bridgehead atoms. The molecule has 0 aromatic heterocycles. The molecule has 1 aliphatic heterocycles. The van der Waals surface area contributed by atoms with Gasteiger partial charge < -0.3 is 19.9 Å². The molecule has 6 nitrogen and oxygen atoms in total. The van der Waals surface area contributed by atoms with E-state index in [-0.39, 0.29) is 19.6 Å². The van der Waals surface area contributed by atoms with Gasteiger partial charge in [0.15, 0.2) is 6.04 Å². The van der Waals surface area contributed by atoms with E-state index in [1.165, 1.54) is 0 Å². The van der Waals surface area contributed by atoms with Gasteiger partial charge in [0.2, 0.25) is 11.7 Å². The second-order valence-electron chi connectivity index (χ2n) is 3.21. The second kappa shape index (κ2) is 4.59. The van der Waals surface area contributed by atoms with Gasteiger partial charge in [0.25, 0.3) is 0 Å². The van der Waals surface area contributed by atoms with E-state index in [0.29, 0.717) is 0 Å². The zero-order valence-corrected chi connectivity index (χ0v) is 8.78. The van der Waals surface area contributed by atoms with Crippen LogP contribution in [0.5, 0.6) is 0 Å². The number of rotatable bonds is 4. The largest absolute Gasteiger partial charge is 0.464 e. The lowest BCUT2D eigenvalue weighted by atomic mass is 10.1. The minimum absolute atomic E-state index is 0.188. The molecule has 1 heterocycles. The van der Waals surface area contributed by atoms with E-state index >= 15 is 0 Å². The molecule has 1 saturated heterocycles. The molecule has 1 aliphatic rings. The van der Waals surface area contributed by atoms with E-state index in [9.17, 15) is 14.7 Å². The Morgan fingerprint density at radius 3 is 2.80 bits per heavy atom. The third-order valence-electron chi connectivity index (χ3n) is 2.09. The maximum Gasteiger partial charge on any atom is 0.334 e. The predicted octanol–water partition coefficient (Wildman–Crippen LogP) is -0.837. The average molecular weight is 217 g/mol. The molecule has 86 valence electrons. The van der Waals surface area contributed by atoms with E-state index in [4.69, 9.17) is 9.47 Å². The first kappa shape index (κ1) is 11.9. The van der Waals surface area contributed by atoms with Crippen LogP contribution in [0.4, 0.5) is 0 Å². The van der Waals surface area contributed by atoms with Gasteiger partial charge in [0.1, 0.15) is 0 Å². The monoisotopic (exact) mass is 217 g/mol. The van der Waals surface area contributed by atoms with Crippen molar-refractivity contribution in [2.45, 2.75) is 32.1 Å². The molecule has 2 unspecified atom stereocenters. The standard InChI is InChI=1S/C9H15NO5/c1-3-14-8(12)7-9(13,15-4-2)5-6(11)10-7/h7,13H,3-5H2,1-2H3,(H,10,11). The molecule has 1 amide bonds. The minimum atomic E-state index is -1.78. The Balaban J connectivity index is 2.76. The normalized spacial score (nSPS) is 30.1. The number of hydrogen-bond donors (Lipinski definition) is 2. The lowest BCUT2D eigenvalue weighted by Gasteiger charge is -2.26. The van der Waals surface area contributed by atoms with Crippen LogP contribution >= 0.6 is 0 Å². The highest BCUT2D eigenvalue weighted by Crippen LogP contribution is 2.24. The SMILES string of the molecule is CCOC(=O)C1NC(=O)CC1(O)OCC. The molecule has 0 saturated carbocycles. The summed E-state index contributed by atoms with van der Waals surface area (Å²) in [4.78, 5) is 22.5. The quantitative estimate of drug-likeness (QED) is 0.474. The highest BCUT2D eigenvalue weighted by molar-refractivity contribution is 5.90. The molecular weight excluding hydrogens is 202 g/mol. The molecule has 15 heavy (non-hydrogen) atoms.